The highest BCUT2D eigenvalue weighted by atomic mass is 16.6. The van der Waals surface area contributed by atoms with Crippen molar-refractivity contribution in [3.05, 3.63) is 35.4 Å². The van der Waals surface area contributed by atoms with Gasteiger partial charge in [-0.25, -0.2) is 4.79 Å². The topological polar surface area (TPSA) is 84.5 Å². The molecule has 0 radical (unpaired) electrons. The summed E-state index contributed by atoms with van der Waals surface area (Å²) in [6.45, 7) is 3.70. The lowest BCUT2D eigenvalue weighted by Crippen LogP contribution is -2.53. The summed E-state index contributed by atoms with van der Waals surface area (Å²) in [7, 11) is 0. The number of likely N-dealkylation sites (N-methyl/N-ethyl adjacent to an activating group) is 1. The molecule has 2 N–H and O–H groups in total. The first-order valence-electron chi connectivity index (χ1n) is 6.82. The van der Waals surface area contributed by atoms with Gasteiger partial charge in [-0.3, -0.25) is 9.59 Å². The lowest BCUT2D eigenvalue weighted by molar-refractivity contribution is -0.141. The number of ether oxygens (including phenoxy) is 1. The first kappa shape index (κ1) is 15.0. The lowest BCUT2D eigenvalue weighted by atomic mass is 9.89. The van der Waals surface area contributed by atoms with Crippen LogP contribution in [0.3, 0.4) is 0 Å². The molecule has 0 saturated heterocycles. The van der Waals surface area contributed by atoms with Crippen LogP contribution in [0.4, 0.5) is 0 Å². The Balaban J connectivity index is 2.08. The zero-order chi connectivity index (χ0) is 15.5. The van der Waals surface area contributed by atoms with Crippen LogP contribution in [0.5, 0.6) is 0 Å². The SMILES string of the molecule is CCNC(=O)CNC(=O)C1(C)Cc2ccccc2C(=O)O1. The van der Waals surface area contributed by atoms with E-state index in [4.69, 9.17) is 4.74 Å². The summed E-state index contributed by atoms with van der Waals surface area (Å²) in [5.41, 5.74) is -0.0475. The van der Waals surface area contributed by atoms with Crippen molar-refractivity contribution in [2.45, 2.75) is 25.9 Å². The number of amides is 2. The van der Waals surface area contributed by atoms with Gasteiger partial charge in [0.2, 0.25) is 5.91 Å². The van der Waals surface area contributed by atoms with Crippen molar-refractivity contribution in [2.75, 3.05) is 13.1 Å². The summed E-state index contributed by atoms with van der Waals surface area (Å²) in [5, 5.41) is 5.08. The van der Waals surface area contributed by atoms with E-state index in [9.17, 15) is 14.4 Å². The molecule has 1 aromatic rings. The van der Waals surface area contributed by atoms with E-state index >= 15 is 0 Å². The maximum absolute atomic E-state index is 12.2. The number of esters is 1. The molecule has 6 heteroatoms. The lowest BCUT2D eigenvalue weighted by Gasteiger charge is -2.32. The largest absolute Gasteiger partial charge is 0.445 e. The normalized spacial score (nSPS) is 20.2. The molecule has 1 unspecified atom stereocenters. The van der Waals surface area contributed by atoms with Crippen LogP contribution >= 0.6 is 0 Å². The van der Waals surface area contributed by atoms with Crippen LogP contribution in [0.15, 0.2) is 24.3 Å². The molecular formula is C15H18N2O4. The average molecular weight is 290 g/mol. The van der Waals surface area contributed by atoms with Crippen molar-refractivity contribution in [1.82, 2.24) is 10.6 Å². The quantitative estimate of drug-likeness (QED) is 0.787. The molecule has 1 aliphatic rings. The second-order valence-corrected chi connectivity index (χ2v) is 5.09. The average Bonchev–Trinajstić information content (AvgIpc) is 2.45. The molecule has 1 aliphatic heterocycles. The molecule has 6 nitrogen and oxygen atoms in total. The van der Waals surface area contributed by atoms with E-state index < -0.39 is 17.5 Å². The highest BCUT2D eigenvalue weighted by molar-refractivity contribution is 5.98. The summed E-state index contributed by atoms with van der Waals surface area (Å²) >= 11 is 0. The number of hydrogen-bond donors (Lipinski definition) is 2. The Morgan fingerprint density at radius 2 is 2.00 bits per heavy atom. The zero-order valence-corrected chi connectivity index (χ0v) is 12.1. The molecule has 0 bridgehead atoms. The standard InChI is InChI=1S/C15H18N2O4/c1-3-16-12(18)9-17-14(20)15(2)8-10-6-4-5-7-11(10)13(19)21-15/h4-7H,3,8-9H2,1-2H3,(H,16,18)(H,17,20). The number of rotatable bonds is 4. The molecule has 2 amide bonds. The van der Waals surface area contributed by atoms with Crippen LogP contribution in [0, 0.1) is 0 Å². The van der Waals surface area contributed by atoms with Crippen molar-refractivity contribution >= 4 is 17.8 Å². The minimum Gasteiger partial charge on any atom is -0.445 e. The van der Waals surface area contributed by atoms with Gasteiger partial charge in [-0.05, 0) is 25.5 Å². The Morgan fingerprint density at radius 1 is 1.29 bits per heavy atom. The second kappa shape index (κ2) is 5.95. The third kappa shape index (κ3) is 3.21. The fourth-order valence-electron chi connectivity index (χ4n) is 2.27. The summed E-state index contributed by atoms with van der Waals surface area (Å²) in [6.07, 6.45) is 0.288. The molecule has 112 valence electrons. The van der Waals surface area contributed by atoms with E-state index in [0.29, 0.717) is 12.1 Å². The molecule has 0 spiro atoms. The smallest absolute Gasteiger partial charge is 0.339 e. The molecular weight excluding hydrogens is 272 g/mol. The van der Waals surface area contributed by atoms with Crippen LogP contribution in [0.2, 0.25) is 0 Å². The van der Waals surface area contributed by atoms with E-state index in [1.807, 2.05) is 6.07 Å². The summed E-state index contributed by atoms with van der Waals surface area (Å²) in [6, 6.07) is 7.03. The van der Waals surface area contributed by atoms with Crippen molar-refractivity contribution < 1.29 is 19.1 Å². The zero-order valence-electron chi connectivity index (χ0n) is 12.1. The van der Waals surface area contributed by atoms with E-state index in [-0.39, 0.29) is 18.9 Å². The molecule has 0 fully saturated rings. The van der Waals surface area contributed by atoms with Gasteiger partial charge in [-0.2, -0.15) is 0 Å². The van der Waals surface area contributed by atoms with Crippen LogP contribution in [0.1, 0.15) is 29.8 Å². The molecule has 0 saturated carbocycles. The van der Waals surface area contributed by atoms with Gasteiger partial charge in [0.1, 0.15) is 0 Å². The molecule has 1 aromatic carbocycles. The highest BCUT2D eigenvalue weighted by Gasteiger charge is 2.42. The molecule has 2 rings (SSSR count). The van der Waals surface area contributed by atoms with Crippen molar-refractivity contribution in [2.24, 2.45) is 0 Å². The van der Waals surface area contributed by atoms with Gasteiger partial charge in [0, 0.05) is 13.0 Å². The van der Waals surface area contributed by atoms with Gasteiger partial charge in [0.15, 0.2) is 5.60 Å². The van der Waals surface area contributed by atoms with Gasteiger partial charge < -0.3 is 15.4 Å². The number of carbonyl (C=O) groups excluding carboxylic acids is 3. The number of nitrogens with one attached hydrogen (secondary N) is 2. The molecule has 1 atom stereocenters. The Morgan fingerprint density at radius 3 is 2.71 bits per heavy atom. The molecule has 0 aromatic heterocycles. The number of benzene rings is 1. The van der Waals surface area contributed by atoms with Gasteiger partial charge in [0.05, 0.1) is 12.1 Å². The minimum atomic E-state index is -1.29. The summed E-state index contributed by atoms with van der Waals surface area (Å²) in [5.74, 6) is -1.28. The van der Waals surface area contributed by atoms with E-state index in [2.05, 4.69) is 10.6 Å². The van der Waals surface area contributed by atoms with Crippen LogP contribution in [0.25, 0.3) is 0 Å². The Hall–Kier alpha value is -2.37. The van der Waals surface area contributed by atoms with Gasteiger partial charge >= 0.3 is 5.97 Å². The Bertz CT molecular complexity index is 585. The third-order valence-corrected chi connectivity index (χ3v) is 3.35. The monoisotopic (exact) mass is 290 g/mol. The Labute approximate surface area is 122 Å². The fourth-order valence-corrected chi connectivity index (χ4v) is 2.27. The maximum atomic E-state index is 12.2. The number of fused-ring (bicyclic) bond motifs is 1. The predicted octanol–water partition coefficient (Wildman–Crippen LogP) is 0.410. The van der Waals surface area contributed by atoms with Crippen LogP contribution in [-0.2, 0) is 20.7 Å². The van der Waals surface area contributed by atoms with Gasteiger partial charge in [0.25, 0.3) is 5.91 Å². The van der Waals surface area contributed by atoms with Crippen LogP contribution in [-0.4, -0.2) is 36.5 Å². The third-order valence-electron chi connectivity index (χ3n) is 3.35. The summed E-state index contributed by atoms with van der Waals surface area (Å²) < 4.78 is 5.27. The molecule has 21 heavy (non-hydrogen) atoms. The maximum Gasteiger partial charge on any atom is 0.339 e. The number of hydrogen-bond acceptors (Lipinski definition) is 4. The van der Waals surface area contributed by atoms with Gasteiger partial charge in [-0.1, -0.05) is 18.2 Å². The van der Waals surface area contributed by atoms with Crippen LogP contribution < -0.4 is 10.6 Å². The molecule has 0 aliphatic carbocycles. The predicted molar refractivity (Wildman–Crippen MR) is 75.7 cm³/mol. The fraction of sp³-hybridized carbons (Fsp3) is 0.400. The van der Waals surface area contributed by atoms with E-state index in [0.717, 1.165) is 5.56 Å². The Kier molecular flexibility index (Phi) is 4.26. The van der Waals surface area contributed by atoms with Crippen molar-refractivity contribution in [1.29, 1.82) is 0 Å². The summed E-state index contributed by atoms with van der Waals surface area (Å²) in [4.78, 5) is 35.5. The van der Waals surface area contributed by atoms with Crippen molar-refractivity contribution in [3.63, 3.8) is 0 Å². The highest BCUT2D eigenvalue weighted by Crippen LogP contribution is 2.28. The van der Waals surface area contributed by atoms with Gasteiger partial charge in [-0.15, -0.1) is 0 Å². The van der Waals surface area contributed by atoms with Crippen molar-refractivity contribution in [3.8, 4) is 0 Å². The molecule has 1 heterocycles. The number of cyclic esters (lactones) is 1. The number of carbonyl (C=O) groups is 3. The van der Waals surface area contributed by atoms with E-state index in [1.54, 1.807) is 32.0 Å². The minimum absolute atomic E-state index is 0.137. The van der Waals surface area contributed by atoms with E-state index in [1.165, 1.54) is 0 Å². The first-order valence-corrected chi connectivity index (χ1v) is 6.82. The first-order chi connectivity index (χ1) is 9.96. The second-order valence-electron chi connectivity index (χ2n) is 5.09.